The van der Waals surface area contributed by atoms with E-state index in [1.165, 1.54) is 0 Å². The molecule has 0 fully saturated rings. The molecule has 0 aromatic rings. The smallest absolute Gasteiger partial charge is 1.00 e. The third-order valence-corrected chi connectivity index (χ3v) is 0.365. The van der Waals surface area contributed by atoms with Gasteiger partial charge in [-0.25, -0.2) is 0 Å². The largest absolute Gasteiger partial charge is 2.00 e. The Morgan fingerprint density at radius 1 is 1.25 bits per heavy atom. The first-order chi connectivity index (χ1) is 2.27. The molecule has 0 rings (SSSR count). The summed E-state index contributed by atoms with van der Waals surface area (Å²) in [5, 5.41) is 8.14. The molecule has 0 radical (unpaired) electrons. The van der Waals surface area contributed by atoms with Crippen molar-refractivity contribution in [3.05, 3.63) is 0 Å². The normalized spacial score (nSPS) is 6.00. The number of rotatable bonds is 1. The summed E-state index contributed by atoms with van der Waals surface area (Å²) in [5.41, 5.74) is 0. The fourth-order valence-electron chi connectivity index (χ4n) is 0. The molecule has 0 bridgehead atoms. The minimum absolute atomic E-state index is 0. The molecule has 8 heavy (non-hydrogen) atoms. The van der Waals surface area contributed by atoms with Crippen LogP contribution in [-0.2, 0) is 21.7 Å². The molecule has 0 saturated carbocycles. The SMILES string of the molecule is CC(C)CO.[Cl-].[Cl-].[Ti+2]. The maximum atomic E-state index is 8.14. The van der Waals surface area contributed by atoms with Gasteiger partial charge in [-0.05, 0) is 5.92 Å². The molecular weight excluding hydrogens is 183 g/mol. The molecule has 0 unspecified atom stereocenters. The summed E-state index contributed by atoms with van der Waals surface area (Å²) >= 11 is 0. The van der Waals surface area contributed by atoms with Gasteiger partial charge in [0.15, 0.2) is 0 Å². The van der Waals surface area contributed by atoms with Crippen LogP contribution in [0, 0.1) is 5.92 Å². The van der Waals surface area contributed by atoms with Crippen molar-refractivity contribution in [1.29, 1.82) is 0 Å². The van der Waals surface area contributed by atoms with Gasteiger partial charge >= 0.3 is 21.7 Å². The van der Waals surface area contributed by atoms with Crippen LogP contribution in [0.1, 0.15) is 13.8 Å². The maximum absolute atomic E-state index is 8.14. The summed E-state index contributed by atoms with van der Waals surface area (Å²) in [5.74, 6) is 0.440. The Balaban J connectivity index is -0.0000000267. The van der Waals surface area contributed by atoms with E-state index in [0.29, 0.717) is 12.5 Å². The Bertz CT molecular complexity index is 28.0. The second kappa shape index (κ2) is 15.7. The molecule has 1 N–H and O–H groups in total. The molecule has 0 aliphatic heterocycles. The second-order valence-electron chi connectivity index (χ2n) is 1.58. The molecule has 0 aromatic carbocycles. The molecule has 0 atom stereocenters. The number of aliphatic hydroxyl groups is 1. The van der Waals surface area contributed by atoms with Crippen LogP contribution < -0.4 is 24.8 Å². The quantitative estimate of drug-likeness (QED) is 0.412. The van der Waals surface area contributed by atoms with Gasteiger partial charge in [-0.15, -0.1) is 0 Å². The van der Waals surface area contributed by atoms with Gasteiger partial charge in [0, 0.05) is 6.61 Å². The van der Waals surface area contributed by atoms with Gasteiger partial charge in [0.25, 0.3) is 0 Å². The first-order valence-corrected chi connectivity index (χ1v) is 1.88. The Kier molecular flexibility index (Phi) is 44.9. The second-order valence-corrected chi connectivity index (χ2v) is 1.58. The van der Waals surface area contributed by atoms with Crippen LogP contribution >= 0.6 is 0 Å². The van der Waals surface area contributed by atoms with Crippen molar-refractivity contribution in [2.75, 3.05) is 6.61 Å². The van der Waals surface area contributed by atoms with Crippen LogP contribution in [0.3, 0.4) is 0 Å². The number of aliphatic hydroxyl groups excluding tert-OH is 1. The predicted molar refractivity (Wildman–Crippen MR) is 21.9 cm³/mol. The number of hydrogen-bond donors (Lipinski definition) is 1. The van der Waals surface area contributed by atoms with E-state index < -0.39 is 0 Å². The molecular formula is C4H10Cl2OTi. The summed E-state index contributed by atoms with van der Waals surface area (Å²) < 4.78 is 0. The van der Waals surface area contributed by atoms with E-state index in [9.17, 15) is 0 Å². The molecule has 0 amide bonds. The van der Waals surface area contributed by atoms with Gasteiger partial charge in [0.2, 0.25) is 0 Å². The van der Waals surface area contributed by atoms with Crippen LogP contribution in [0.5, 0.6) is 0 Å². The summed E-state index contributed by atoms with van der Waals surface area (Å²) in [6.45, 7) is 4.25. The molecule has 0 spiro atoms. The van der Waals surface area contributed by atoms with E-state index in [1.54, 1.807) is 0 Å². The standard InChI is InChI=1S/C4H10O.2ClH.Ti/c1-4(2)3-5;;;/h4-5H,3H2,1-2H3;2*1H;/q;;;+2/p-2. The van der Waals surface area contributed by atoms with Crippen molar-refractivity contribution in [3.63, 3.8) is 0 Å². The summed E-state index contributed by atoms with van der Waals surface area (Å²) in [4.78, 5) is 0. The molecule has 0 aliphatic rings. The first-order valence-electron chi connectivity index (χ1n) is 1.88. The van der Waals surface area contributed by atoms with Gasteiger partial charge in [-0.3, -0.25) is 0 Å². The molecule has 4 heteroatoms. The zero-order valence-corrected chi connectivity index (χ0v) is 8.06. The molecule has 1 nitrogen and oxygen atoms in total. The van der Waals surface area contributed by atoms with E-state index in [2.05, 4.69) is 0 Å². The molecule has 50 valence electrons. The topological polar surface area (TPSA) is 20.2 Å². The maximum Gasteiger partial charge on any atom is 2.00 e. The van der Waals surface area contributed by atoms with Crippen molar-refractivity contribution in [3.8, 4) is 0 Å². The third kappa shape index (κ3) is 26.8. The Hall–Kier alpha value is 1.25. The van der Waals surface area contributed by atoms with Crippen molar-refractivity contribution < 1.29 is 51.6 Å². The molecule has 0 saturated heterocycles. The van der Waals surface area contributed by atoms with Crippen LogP contribution in [0.25, 0.3) is 0 Å². The van der Waals surface area contributed by atoms with Crippen LogP contribution in [-0.4, -0.2) is 11.7 Å². The fraction of sp³-hybridized carbons (Fsp3) is 1.00. The van der Waals surface area contributed by atoms with Crippen molar-refractivity contribution in [2.24, 2.45) is 5.92 Å². The minimum Gasteiger partial charge on any atom is -1.00 e. The van der Waals surface area contributed by atoms with E-state index in [4.69, 9.17) is 5.11 Å². The summed E-state index contributed by atoms with van der Waals surface area (Å²) in [7, 11) is 0. The van der Waals surface area contributed by atoms with E-state index >= 15 is 0 Å². The average Bonchev–Trinajstić information content (AvgIpc) is 1.38. The van der Waals surface area contributed by atoms with Gasteiger partial charge in [0.05, 0.1) is 0 Å². The number of hydrogen-bond acceptors (Lipinski definition) is 1. The zero-order valence-electron chi connectivity index (χ0n) is 4.99. The zero-order chi connectivity index (χ0) is 4.28. The van der Waals surface area contributed by atoms with Crippen LogP contribution in [0.15, 0.2) is 0 Å². The van der Waals surface area contributed by atoms with Crippen LogP contribution in [0.2, 0.25) is 0 Å². The molecule has 0 heterocycles. The van der Waals surface area contributed by atoms with Crippen molar-refractivity contribution in [1.82, 2.24) is 0 Å². The Morgan fingerprint density at radius 2 is 1.38 bits per heavy atom. The molecule has 0 aliphatic carbocycles. The predicted octanol–water partition coefficient (Wildman–Crippen LogP) is -5.36. The van der Waals surface area contributed by atoms with Gasteiger partial charge in [-0.1, -0.05) is 13.8 Å². The third-order valence-electron chi connectivity index (χ3n) is 0.365. The van der Waals surface area contributed by atoms with Crippen LogP contribution in [0.4, 0.5) is 0 Å². The number of halogens is 2. The monoisotopic (exact) mass is 192 g/mol. The van der Waals surface area contributed by atoms with Gasteiger partial charge < -0.3 is 29.9 Å². The Labute approximate surface area is 77.9 Å². The molecule has 0 aromatic heterocycles. The fourth-order valence-corrected chi connectivity index (χ4v) is 0. The first kappa shape index (κ1) is 22.8. The van der Waals surface area contributed by atoms with E-state index in [0.717, 1.165) is 0 Å². The van der Waals surface area contributed by atoms with Crippen molar-refractivity contribution in [2.45, 2.75) is 13.8 Å². The minimum atomic E-state index is 0. The summed E-state index contributed by atoms with van der Waals surface area (Å²) in [6.07, 6.45) is 0. The van der Waals surface area contributed by atoms with Gasteiger partial charge in [-0.2, -0.15) is 0 Å². The van der Waals surface area contributed by atoms with Gasteiger partial charge in [0.1, 0.15) is 0 Å². The summed E-state index contributed by atoms with van der Waals surface area (Å²) in [6, 6.07) is 0. The van der Waals surface area contributed by atoms with E-state index in [-0.39, 0.29) is 46.5 Å². The Morgan fingerprint density at radius 3 is 1.38 bits per heavy atom. The van der Waals surface area contributed by atoms with E-state index in [1.807, 2.05) is 13.8 Å². The average molecular weight is 193 g/mol. The van der Waals surface area contributed by atoms with Crippen molar-refractivity contribution >= 4 is 0 Å².